The second-order valence-electron chi connectivity index (χ2n) is 5.60. The van der Waals surface area contributed by atoms with Gasteiger partial charge in [0.2, 0.25) is 5.91 Å². The van der Waals surface area contributed by atoms with Gasteiger partial charge in [-0.15, -0.1) is 0 Å². The summed E-state index contributed by atoms with van der Waals surface area (Å²) in [6, 6.07) is 5.74. The zero-order valence-corrected chi connectivity index (χ0v) is 12.9. The molecule has 21 heavy (non-hydrogen) atoms. The topological polar surface area (TPSA) is 61.4 Å². The van der Waals surface area contributed by atoms with E-state index in [1.807, 2.05) is 43.9 Å². The monoisotopic (exact) mass is 289 g/mol. The maximum absolute atomic E-state index is 12.0. The molecule has 0 bridgehead atoms. The summed E-state index contributed by atoms with van der Waals surface area (Å²) in [6.07, 6.45) is 1.33. The zero-order chi connectivity index (χ0) is 15.4. The van der Waals surface area contributed by atoms with Crippen LogP contribution in [0.4, 0.5) is 10.5 Å². The lowest BCUT2D eigenvalue weighted by molar-refractivity contribution is -0.129. The summed E-state index contributed by atoms with van der Waals surface area (Å²) in [4.78, 5) is 25.4. The van der Waals surface area contributed by atoms with E-state index in [1.165, 1.54) is 5.56 Å². The lowest BCUT2D eigenvalue weighted by atomic mass is 10.1. The van der Waals surface area contributed by atoms with Gasteiger partial charge < -0.3 is 15.5 Å². The number of anilines is 1. The summed E-state index contributed by atoms with van der Waals surface area (Å²) >= 11 is 0. The Hall–Kier alpha value is -2.04. The minimum atomic E-state index is -0.210. The van der Waals surface area contributed by atoms with Gasteiger partial charge in [0.15, 0.2) is 0 Å². The number of benzene rings is 1. The zero-order valence-electron chi connectivity index (χ0n) is 12.9. The Morgan fingerprint density at radius 3 is 2.76 bits per heavy atom. The summed E-state index contributed by atoms with van der Waals surface area (Å²) < 4.78 is 0. The van der Waals surface area contributed by atoms with Crippen molar-refractivity contribution in [2.75, 3.05) is 18.4 Å². The molecule has 1 aliphatic heterocycles. The van der Waals surface area contributed by atoms with Crippen LogP contribution in [0.3, 0.4) is 0 Å². The number of rotatable bonds is 3. The second kappa shape index (κ2) is 6.61. The first-order valence-electron chi connectivity index (χ1n) is 7.42. The fraction of sp³-hybridized carbons (Fsp3) is 0.500. The van der Waals surface area contributed by atoms with Gasteiger partial charge in [-0.25, -0.2) is 4.79 Å². The Morgan fingerprint density at radius 2 is 2.10 bits per heavy atom. The highest BCUT2D eigenvalue weighted by molar-refractivity contribution is 5.90. The van der Waals surface area contributed by atoms with Gasteiger partial charge in [0.1, 0.15) is 0 Å². The van der Waals surface area contributed by atoms with Crippen molar-refractivity contribution in [1.82, 2.24) is 10.2 Å². The molecule has 3 amide bonds. The van der Waals surface area contributed by atoms with Crippen LogP contribution in [0.5, 0.6) is 0 Å². The van der Waals surface area contributed by atoms with E-state index in [-0.39, 0.29) is 18.0 Å². The van der Waals surface area contributed by atoms with Crippen LogP contribution in [0, 0.1) is 13.8 Å². The number of carbonyl (C=O) groups excluding carboxylic acids is 2. The van der Waals surface area contributed by atoms with Crippen molar-refractivity contribution in [3.8, 4) is 0 Å². The molecular formula is C16H23N3O2. The van der Waals surface area contributed by atoms with Crippen molar-refractivity contribution in [2.45, 2.75) is 39.7 Å². The molecular weight excluding hydrogens is 266 g/mol. The highest BCUT2D eigenvalue weighted by atomic mass is 16.2. The molecule has 5 heteroatoms. The normalized spacial score (nSPS) is 17.7. The molecule has 1 saturated heterocycles. The molecule has 1 aromatic carbocycles. The average molecular weight is 289 g/mol. The molecule has 0 aliphatic carbocycles. The van der Waals surface area contributed by atoms with E-state index in [2.05, 4.69) is 10.6 Å². The van der Waals surface area contributed by atoms with Gasteiger partial charge in [-0.05, 0) is 31.9 Å². The van der Waals surface area contributed by atoms with E-state index in [1.54, 1.807) is 0 Å². The third kappa shape index (κ3) is 3.97. The molecule has 0 spiro atoms. The Balaban J connectivity index is 1.87. The maximum Gasteiger partial charge on any atom is 0.319 e. The second-order valence-corrected chi connectivity index (χ2v) is 5.60. The van der Waals surface area contributed by atoms with Crippen LogP contribution in [0.25, 0.3) is 0 Å². The van der Waals surface area contributed by atoms with Crippen molar-refractivity contribution in [3.63, 3.8) is 0 Å². The predicted molar refractivity (Wildman–Crippen MR) is 83.3 cm³/mol. The Bertz CT molecular complexity index is 542. The standard InChI is InChI=1S/C16H23N3O2/c1-4-15(20)19-8-7-13(10-19)17-16(21)18-14-6-5-11(2)9-12(14)3/h5-6,9,13H,4,7-8,10H2,1-3H3,(H2,17,18,21). The van der Waals surface area contributed by atoms with E-state index < -0.39 is 0 Å². The Kier molecular flexibility index (Phi) is 4.83. The minimum Gasteiger partial charge on any atom is -0.341 e. The van der Waals surface area contributed by atoms with Gasteiger partial charge >= 0.3 is 6.03 Å². The summed E-state index contributed by atoms with van der Waals surface area (Å²) in [6.45, 7) is 7.18. The maximum atomic E-state index is 12.0. The molecule has 0 radical (unpaired) electrons. The number of aryl methyl sites for hydroxylation is 2. The number of likely N-dealkylation sites (tertiary alicyclic amines) is 1. The number of nitrogens with zero attached hydrogens (tertiary/aromatic N) is 1. The first kappa shape index (κ1) is 15.4. The summed E-state index contributed by atoms with van der Waals surface area (Å²) in [5.41, 5.74) is 3.03. The van der Waals surface area contributed by atoms with Crippen LogP contribution in [-0.4, -0.2) is 36.0 Å². The van der Waals surface area contributed by atoms with Gasteiger partial charge in [0.25, 0.3) is 0 Å². The fourth-order valence-electron chi connectivity index (χ4n) is 2.63. The minimum absolute atomic E-state index is 0.0336. The van der Waals surface area contributed by atoms with Gasteiger partial charge in [-0.3, -0.25) is 4.79 Å². The van der Waals surface area contributed by atoms with Crippen LogP contribution >= 0.6 is 0 Å². The summed E-state index contributed by atoms with van der Waals surface area (Å²) in [5, 5.41) is 5.80. The van der Waals surface area contributed by atoms with E-state index in [4.69, 9.17) is 0 Å². The molecule has 1 atom stereocenters. The number of amides is 3. The lowest BCUT2D eigenvalue weighted by Gasteiger charge is -2.17. The quantitative estimate of drug-likeness (QED) is 0.897. The Morgan fingerprint density at radius 1 is 1.33 bits per heavy atom. The molecule has 5 nitrogen and oxygen atoms in total. The largest absolute Gasteiger partial charge is 0.341 e. The SMILES string of the molecule is CCC(=O)N1CCC(NC(=O)Nc2ccc(C)cc2C)C1. The molecule has 1 unspecified atom stereocenters. The van der Waals surface area contributed by atoms with Crippen molar-refractivity contribution in [1.29, 1.82) is 0 Å². The fourth-order valence-corrected chi connectivity index (χ4v) is 2.63. The molecule has 114 valence electrons. The molecule has 0 saturated carbocycles. The van der Waals surface area contributed by atoms with Crippen molar-refractivity contribution in [2.24, 2.45) is 0 Å². The molecule has 1 heterocycles. The number of hydrogen-bond donors (Lipinski definition) is 2. The molecule has 2 rings (SSSR count). The van der Waals surface area contributed by atoms with Gasteiger partial charge in [0.05, 0.1) is 0 Å². The van der Waals surface area contributed by atoms with Crippen LogP contribution in [-0.2, 0) is 4.79 Å². The smallest absolute Gasteiger partial charge is 0.319 e. The van der Waals surface area contributed by atoms with Crippen LogP contribution in [0.15, 0.2) is 18.2 Å². The lowest BCUT2D eigenvalue weighted by Crippen LogP contribution is -2.40. The number of nitrogens with one attached hydrogen (secondary N) is 2. The number of urea groups is 1. The van der Waals surface area contributed by atoms with Crippen LogP contribution < -0.4 is 10.6 Å². The van der Waals surface area contributed by atoms with Gasteiger partial charge in [-0.1, -0.05) is 24.6 Å². The Labute approximate surface area is 125 Å². The first-order chi connectivity index (χ1) is 9.99. The number of carbonyl (C=O) groups is 2. The molecule has 1 aliphatic rings. The van der Waals surface area contributed by atoms with E-state index in [0.717, 1.165) is 24.2 Å². The van der Waals surface area contributed by atoms with E-state index >= 15 is 0 Å². The third-order valence-electron chi connectivity index (χ3n) is 3.81. The van der Waals surface area contributed by atoms with Crippen molar-refractivity contribution in [3.05, 3.63) is 29.3 Å². The van der Waals surface area contributed by atoms with Crippen LogP contribution in [0.2, 0.25) is 0 Å². The molecule has 1 fully saturated rings. The number of hydrogen-bond acceptors (Lipinski definition) is 2. The predicted octanol–water partition coefficient (Wildman–Crippen LogP) is 2.44. The molecule has 0 aromatic heterocycles. The van der Waals surface area contributed by atoms with Crippen molar-refractivity contribution >= 4 is 17.6 Å². The average Bonchev–Trinajstić information content (AvgIpc) is 2.89. The molecule has 1 aromatic rings. The molecule has 2 N–H and O–H groups in total. The summed E-state index contributed by atoms with van der Waals surface area (Å²) in [7, 11) is 0. The van der Waals surface area contributed by atoms with E-state index in [0.29, 0.717) is 13.0 Å². The highest BCUT2D eigenvalue weighted by Gasteiger charge is 2.26. The highest BCUT2D eigenvalue weighted by Crippen LogP contribution is 2.16. The summed E-state index contributed by atoms with van der Waals surface area (Å²) in [5.74, 6) is 0.147. The first-order valence-corrected chi connectivity index (χ1v) is 7.42. The van der Waals surface area contributed by atoms with Crippen LogP contribution in [0.1, 0.15) is 30.9 Å². The van der Waals surface area contributed by atoms with Gasteiger partial charge in [0, 0.05) is 31.2 Å². The third-order valence-corrected chi connectivity index (χ3v) is 3.81. The van der Waals surface area contributed by atoms with E-state index in [9.17, 15) is 9.59 Å². The van der Waals surface area contributed by atoms with Crippen molar-refractivity contribution < 1.29 is 9.59 Å². The van der Waals surface area contributed by atoms with Gasteiger partial charge in [-0.2, -0.15) is 0 Å².